The monoisotopic (exact) mass is 366 g/mol. The highest BCUT2D eigenvalue weighted by Gasteiger charge is 2.23. The summed E-state index contributed by atoms with van der Waals surface area (Å²) in [6, 6.07) is 14.2. The van der Waals surface area contributed by atoms with E-state index in [1.165, 1.54) is 0 Å². The maximum Gasteiger partial charge on any atom is 0.254 e. The van der Waals surface area contributed by atoms with Gasteiger partial charge in [0.1, 0.15) is 5.65 Å². The minimum absolute atomic E-state index is 0.121. The van der Waals surface area contributed by atoms with E-state index < -0.39 is 0 Å². The summed E-state index contributed by atoms with van der Waals surface area (Å²) in [7, 11) is 0. The van der Waals surface area contributed by atoms with Crippen molar-refractivity contribution in [3.8, 4) is 0 Å². The Bertz CT molecular complexity index is 873. The van der Waals surface area contributed by atoms with E-state index in [0.29, 0.717) is 0 Å². The molecule has 0 unspecified atom stereocenters. The number of imidazole rings is 1. The lowest BCUT2D eigenvalue weighted by Gasteiger charge is -2.34. The Balaban J connectivity index is 1.40. The average Bonchev–Trinajstić information content (AvgIpc) is 3.10. The van der Waals surface area contributed by atoms with Gasteiger partial charge in [0.2, 0.25) is 0 Å². The van der Waals surface area contributed by atoms with E-state index in [9.17, 15) is 4.79 Å². The Kier molecular flexibility index (Phi) is 4.95. The van der Waals surface area contributed by atoms with Crippen LogP contribution in [0.5, 0.6) is 0 Å². The normalized spacial score (nSPS) is 17.6. The van der Waals surface area contributed by atoms with Crippen molar-refractivity contribution in [3.05, 3.63) is 66.1 Å². The summed E-state index contributed by atoms with van der Waals surface area (Å²) >= 11 is 1.73. The molecule has 4 rings (SSSR count). The van der Waals surface area contributed by atoms with Gasteiger partial charge in [-0.05, 0) is 43.3 Å². The van der Waals surface area contributed by atoms with E-state index in [4.69, 9.17) is 0 Å². The summed E-state index contributed by atoms with van der Waals surface area (Å²) in [6.07, 6.45) is 4.07. The predicted octanol–water partition coefficient (Wildman–Crippen LogP) is 3.06. The van der Waals surface area contributed by atoms with Gasteiger partial charge in [0.05, 0.1) is 5.69 Å². The fourth-order valence-electron chi connectivity index (χ4n) is 3.22. The number of piperazine rings is 1. The topological polar surface area (TPSA) is 49.6 Å². The maximum atomic E-state index is 12.7. The predicted molar refractivity (Wildman–Crippen MR) is 105 cm³/mol. The van der Waals surface area contributed by atoms with Gasteiger partial charge in [-0.3, -0.25) is 4.79 Å². The van der Waals surface area contributed by atoms with E-state index >= 15 is 0 Å². The second-order valence-electron chi connectivity index (χ2n) is 6.56. The highest BCUT2D eigenvalue weighted by molar-refractivity contribution is 7.98. The molecule has 1 amide bonds. The molecule has 134 valence electrons. The maximum absolute atomic E-state index is 12.7. The smallest absolute Gasteiger partial charge is 0.254 e. The Labute approximate surface area is 157 Å². The molecular formula is C20H22N4OS. The minimum atomic E-state index is 0.121. The number of amides is 1. The average molecular weight is 366 g/mol. The van der Waals surface area contributed by atoms with Crippen LogP contribution in [-0.2, 0) is 5.75 Å². The van der Waals surface area contributed by atoms with Gasteiger partial charge in [-0.15, -0.1) is 11.8 Å². The van der Waals surface area contributed by atoms with Gasteiger partial charge in [0.15, 0.2) is 0 Å². The molecule has 5 nitrogen and oxygen atoms in total. The van der Waals surface area contributed by atoms with E-state index in [-0.39, 0.29) is 11.9 Å². The molecule has 1 aliphatic heterocycles. The number of fused-ring (bicyclic) bond motifs is 1. The van der Waals surface area contributed by atoms with Crippen molar-refractivity contribution in [1.82, 2.24) is 19.6 Å². The number of benzene rings is 1. The molecule has 26 heavy (non-hydrogen) atoms. The highest BCUT2D eigenvalue weighted by atomic mass is 32.2. The minimum Gasteiger partial charge on any atom is -0.333 e. The Morgan fingerprint density at radius 3 is 2.88 bits per heavy atom. The molecule has 1 N–H and O–H groups in total. The van der Waals surface area contributed by atoms with Gasteiger partial charge in [0.25, 0.3) is 5.91 Å². The van der Waals surface area contributed by atoms with Crippen molar-refractivity contribution in [2.45, 2.75) is 23.6 Å². The summed E-state index contributed by atoms with van der Waals surface area (Å²) in [5.41, 5.74) is 2.78. The molecule has 3 heterocycles. The van der Waals surface area contributed by atoms with Gasteiger partial charge in [-0.1, -0.05) is 6.07 Å². The fraction of sp³-hybridized carbons (Fsp3) is 0.300. The number of aromatic nitrogens is 2. The van der Waals surface area contributed by atoms with Crippen LogP contribution in [0.3, 0.4) is 0 Å². The second kappa shape index (κ2) is 7.51. The van der Waals surface area contributed by atoms with Crippen molar-refractivity contribution in [3.63, 3.8) is 0 Å². The lowest BCUT2D eigenvalue weighted by molar-refractivity contribution is 0.0655. The van der Waals surface area contributed by atoms with Crippen molar-refractivity contribution >= 4 is 23.3 Å². The molecule has 0 spiro atoms. The SMILES string of the molecule is C[C@@H]1CNCCN1C(=O)c1ccc(SCc2cn3ccccc3n2)cc1. The number of thioether (sulfide) groups is 1. The fourth-order valence-corrected chi connectivity index (χ4v) is 4.00. The van der Waals surface area contributed by atoms with Gasteiger partial charge < -0.3 is 14.6 Å². The standard InChI is InChI=1S/C20H22N4OS/c1-15-12-21-9-11-24(15)20(25)16-5-7-18(8-6-16)26-14-17-13-23-10-3-2-4-19(23)22-17/h2-8,10,13,15,21H,9,11-12,14H2,1H3/t15-/m1/s1. The zero-order chi connectivity index (χ0) is 17.9. The van der Waals surface area contributed by atoms with Crippen LogP contribution < -0.4 is 5.32 Å². The lowest BCUT2D eigenvalue weighted by atomic mass is 10.1. The third-order valence-electron chi connectivity index (χ3n) is 4.66. The van der Waals surface area contributed by atoms with Crippen molar-refractivity contribution in [2.24, 2.45) is 0 Å². The third kappa shape index (κ3) is 3.61. The van der Waals surface area contributed by atoms with Gasteiger partial charge >= 0.3 is 0 Å². The van der Waals surface area contributed by atoms with E-state index in [2.05, 4.69) is 23.4 Å². The number of nitrogens with one attached hydrogen (secondary N) is 1. The summed E-state index contributed by atoms with van der Waals surface area (Å²) in [4.78, 5) is 20.4. The van der Waals surface area contributed by atoms with Crippen LogP contribution in [0.1, 0.15) is 23.0 Å². The van der Waals surface area contributed by atoms with Crippen LogP contribution in [0.15, 0.2) is 59.8 Å². The molecular weight excluding hydrogens is 344 g/mol. The molecule has 1 atom stereocenters. The summed E-state index contributed by atoms with van der Waals surface area (Å²) in [6.45, 7) is 4.58. The van der Waals surface area contributed by atoms with Crippen LogP contribution >= 0.6 is 11.8 Å². The first-order chi connectivity index (χ1) is 12.7. The van der Waals surface area contributed by atoms with Crippen LogP contribution in [0.4, 0.5) is 0 Å². The first-order valence-electron chi connectivity index (χ1n) is 8.88. The number of pyridine rings is 1. The van der Waals surface area contributed by atoms with Gasteiger partial charge in [-0.2, -0.15) is 0 Å². The number of carbonyl (C=O) groups excluding carboxylic acids is 1. The number of hydrogen-bond donors (Lipinski definition) is 1. The largest absolute Gasteiger partial charge is 0.333 e. The molecule has 1 aliphatic rings. The Morgan fingerprint density at radius 2 is 2.12 bits per heavy atom. The molecule has 0 saturated carbocycles. The molecule has 6 heteroatoms. The number of hydrogen-bond acceptors (Lipinski definition) is 4. The number of carbonyl (C=O) groups is 1. The Hall–Kier alpha value is -2.31. The van der Waals surface area contributed by atoms with Crippen LogP contribution in [0.2, 0.25) is 0 Å². The van der Waals surface area contributed by atoms with Crippen molar-refractivity contribution < 1.29 is 4.79 Å². The van der Waals surface area contributed by atoms with E-state index in [1.54, 1.807) is 11.8 Å². The molecule has 1 aromatic carbocycles. The zero-order valence-corrected chi connectivity index (χ0v) is 15.6. The van der Waals surface area contributed by atoms with E-state index in [1.807, 2.05) is 58.0 Å². The summed E-state index contributed by atoms with van der Waals surface area (Å²) in [5, 5.41) is 3.32. The van der Waals surface area contributed by atoms with Gasteiger partial charge in [0, 0.05) is 54.3 Å². The molecule has 1 fully saturated rings. The summed E-state index contributed by atoms with van der Waals surface area (Å²) in [5.74, 6) is 0.931. The first kappa shape index (κ1) is 17.1. The van der Waals surface area contributed by atoms with E-state index in [0.717, 1.165) is 47.2 Å². The molecule has 2 aromatic heterocycles. The Morgan fingerprint density at radius 1 is 1.27 bits per heavy atom. The third-order valence-corrected chi connectivity index (χ3v) is 5.71. The molecule has 0 aliphatic carbocycles. The number of nitrogens with zero attached hydrogens (tertiary/aromatic N) is 3. The zero-order valence-electron chi connectivity index (χ0n) is 14.8. The summed E-state index contributed by atoms with van der Waals surface area (Å²) < 4.78 is 2.03. The molecule has 0 radical (unpaired) electrons. The highest BCUT2D eigenvalue weighted by Crippen LogP contribution is 2.23. The molecule has 1 saturated heterocycles. The molecule has 0 bridgehead atoms. The van der Waals surface area contributed by atoms with Crippen LogP contribution in [0, 0.1) is 0 Å². The second-order valence-corrected chi connectivity index (χ2v) is 7.61. The van der Waals surface area contributed by atoms with Gasteiger partial charge in [-0.25, -0.2) is 4.98 Å². The first-order valence-corrected chi connectivity index (χ1v) is 9.86. The van der Waals surface area contributed by atoms with Crippen molar-refractivity contribution in [2.75, 3.05) is 19.6 Å². The van der Waals surface area contributed by atoms with Crippen LogP contribution in [0.25, 0.3) is 5.65 Å². The quantitative estimate of drug-likeness (QED) is 0.721. The van der Waals surface area contributed by atoms with Crippen molar-refractivity contribution in [1.29, 1.82) is 0 Å². The number of rotatable bonds is 4. The lowest BCUT2D eigenvalue weighted by Crippen LogP contribution is -2.52. The molecule has 3 aromatic rings. The van der Waals surface area contributed by atoms with Crippen LogP contribution in [-0.4, -0.2) is 45.9 Å².